The van der Waals surface area contributed by atoms with Gasteiger partial charge in [-0.05, 0) is 24.3 Å². The number of aromatic amines is 1. The highest BCUT2D eigenvalue weighted by Gasteiger charge is 2.16. The minimum Gasteiger partial charge on any atom is -0.478 e. The van der Waals surface area contributed by atoms with Crippen molar-refractivity contribution in [1.82, 2.24) is 15.2 Å². The number of hydrogen-bond acceptors (Lipinski definition) is 5. The summed E-state index contributed by atoms with van der Waals surface area (Å²) in [5.41, 5.74) is 1.61. The number of piperazine rings is 1. The Morgan fingerprint density at radius 3 is 2.30 bits per heavy atom. The van der Waals surface area contributed by atoms with Gasteiger partial charge in [0.15, 0.2) is 5.78 Å². The number of carbonyl (C=O) groups excluding carboxylic acids is 1. The van der Waals surface area contributed by atoms with E-state index in [-0.39, 0.29) is 5.78 Å². The van der Waals surface area contributed by atoms with Gasteiger partial charge >= 0.3 is 11.9 Å². The number of halogens is 1. The highest BCUT2D eigenvalue weighted by atomic mass is 35.5. The van der Waals surface area contributed by atoms with E-state index >= 15 is 0 Å². The molecule has 1 aliphatic rings. The number of Topliss-reactive ketones (excluding diaryl/α,β-unsaturated/α-hetero) is 1. The summed E-state index contributed by atoms with van der Waals surface area (Å²) in [7, 11) is 0. The molecule has 0 amide bonds. The lowest BCUT2D eigenvalue weighted by Gasteiger charge is -2.26. The zero-order chi connectivity index (χ0) is 19.8. The molecule has 2 aromatic rings. The van der Waals surface area contributed by atoms with Gasteiger partial charge in [0.05, 0.1) is 12.2 Å². The standard InChI is InChI=1S/C14H16ClN3O.C4H4O4/c15-11-1-2-12-10(7-11)8-13(17-12)14(19)9-18-5-3-16-4-6-18;5-3(6)1-2-4(7)8/h1-2,7-8,16-17H,3-6,9H2;1-2H,(H,5,6)(H,7,8). The summed E-state index contributed by atoms with van der Waals surface area (Å²) in [5.74, 6) is -2.38. The van der Waals surface area contributed by atoms with Gasteiger partial charge in [0.1, 0.15) is 0 Å². The SMILES string of the molecule is O=C(CN1CCNCC1)c1cc2cc(Cl)ccc2[nH]1.O=C(O)C=CC(=O)O. The van der Waals surface area contributed by atoms with Crippen molar-refractivity contribution in [2.45, 2.75) is 0 Å². The largest absolute Gasteiger partial charge is 0.478 e. The molecule has 0 spiro atoms. The quantitative estimate of drug-likeness (QED) is 0.449. The van der Waals surface area contributed by atoms with E-state index in [1.165, 1.54) is 0 Å². The van der Waals surface area contributed by atoms with Crippen LogP contribution in [0, 0.1) is 0 Å². The number of rotatable bonds is 5. The number of fused-ring (bicyclic) bond motifs is 1. The van der Waals surface area contributed by atoms with Crippen molar-refractivity contribution in [1.29, 1.82) is 0 Å². The van der Waals surface area contributed by atoms with Gasteiger partial charge in [-0.3, -0.25) is 9.69 Å². The number of nitrogens with zero attached hydrogens (tertiary/aromatic N) is 1. The second kappa shape index (κ2) is 9.86. The van der Waals surface area contributed by atoms with Crippen LogP contribution in [0.5, 0.6) is 0 Å². The summed E-state index contributed by atoms with van der Waals surface area (Å²) in [4.78, 5) is 36.7. The molecule has 0 bridgehead atoms. The smallest absolute Gasteiger partial charge is 0.328 e. The fourth-order valence-electron chi connectivity index (χ4n) is 2.55. The van der Waals surface area contributed by atoms with Crippen molar-refractivity contribution in [3.63, 3.8) is 0 Å². The number of carbonyl (C=O) groups is 3. The first kappa shape index (κ1) is 20.6. The predicted octanol–water partition coefficient (Wildman–Crippen LogP) is 1.62. The van der Waals surface area contributed by atoms with E-state index < -0.39 is 11.9 Å². The molecule has 0 atom stereocenters. The third-order valence-electron chi connectivity index (χ3n) is 3.83. The lowest BCUT2D eigenvalue weighted by Crippen LogP contribution is -2.45. The minimum atomic E-state index is -1.26. The molecule has 1 saturated heterocycles. The number of ketones is 1. The normalized spacial score (nSPS) is 14.7. The predicted molar refractivity (Wildman–Crippen MR) is 101 cm³/mol. The average Bonchev–Trinajstić information content (AvgIpc) is 3.05. The molecule has 9 heteroatoms. The van der Waals surface area contributed by atoms with Crippen LogP contribution in [0.25, 0.3) is 10.9 Å². The summed E-state index contributed by atoms with van der Waals surface area (Å²) >= 11 is 5.95. The highest BCUT2D eigenvalue weighted by Crippen LogP contribution is 2.20. The summed E-state index contributed by atoms with van der Waals surface area (Å²) in [6.45, 7) is 4.24. The molecule has 0 unspecified atom stereocenters. The zero-order valence-electron chi connectivity index (χ0n) is 14.4. The molecule has 27 heavy (non-hydrogen) atoms. The average molecular weight is 394 g/mol. The van der Waals surface area contributed by atoms with Gasteiger partial charge in [-0.2, -0.15) is 0 Å². The molecule has 144 valence electrons. The molecule has 1 aromatic heterocycles. The Morgan fingerprint density at radius 2 is 1.70 bits per heavy atom. The van der Waals surface area contributed by atoms with Crippen molar-refractivity contribution < 1.29 is 24.6 Å². The van der Waals surface area contributed by atoms with E-state index in [0.717, 1.165) is 37.1 Å². The van der Waals surface area contributed by atoms with Crippen LogP contribution in [-0.2, 0) is 9.59 Å². The number of carboxylic acid groups (broad SMARTS) is 2. The number of aliphatic carboxylic acids is 2. The number of benzene rings is 1. The molecule has 0 radical (unpaired) electrons. The first-order valence-electron chi connectivity index (χ1n) is 8.23. The van der Waals surface area contributed by atoms with Crippen molar-refractivity contribution in [2.75, 3.05) is 32.7 Å². The molecule has 0 aliphatic carbocycles. The van der Waals surface area contributed by atoms with Gasteiger partial charge in [-0.1, -0.05) is 11.6 Å². The summed E-state index contributed by atoms with van der Waals surface area (Å²) in [5, 5.41) is 20.6. The fraction of sp³-hybridized carbons (Fsp3) is 0.278. The third-order valence-corrected chi connectivity index (χ3v) is 4.06. The Hall–Kier alpha value is -2.68. The maximum atomic E-state index is 12.2. The van der Waals surface area contributed by atoms with Crippen LogP contribution in [-0.4, -0.2) is 70.5 Å². The van der Waals surface area contributed by atoms with Gasteiger partial charge in [0, 0.05) is 54.3 Å². The van der Waals surface area contributed by atoms with Crippen molar-refractivity contribution in [2.24, 2.45) is 0 Å². The summed E-state index contributed by atoms with van der Waals surface area (Å²) < 4.78 is 0. The van der Waals surface area contributed by atoms with Crippen LogP contribution in [0.15, 0.2) is 36.4 Å². The van der Waals surface area contributed by atoms with Crippen LogP contribution >= 0.6 is 11.6 Å². The maximum Gasteiger partial charge on any atom is 0.328 e. The number of nitrogens with one attached hydrogen (secondary N) is 2. The lowest BCUT2D eigenvalue weighted by atomic mass is 10.2. The fourth-order valence-corrected chi connectivity index (χ4v) is 2.73. The Balaban J connectivity index is 0.000000279. The topological polar surface area (TPSA) is 123 Å². The van der Waals surface area contributed by atoms with Crippen LogP contribution in [0.3, 0.4) is 0 Å². The van der Waals surface area contributed by atoms with Crippen molar-refractivity contribution in [3.05, 3.63) is 47.1 Å². The van der Waals surface area contributed by atoms with E-state index in [0.29, 0.717) is 29.4 Å². The monoisotopic (exact) mass is 393 g/mol. The summed E-state index contributed by atoms with van der Waals surface area (Å²) in [6.07, 6.45) is 1.12. The van der Waals surface area contributed by atoms with Gasteiger partial charge < -0.3 is 20.5 Å². The second-order valence-corrected chi connectivity index (χ2v) is 6.31. The second-order valence-electron chi connectivity index (χ2n) is 5.87. The Kier molecular flexibility index (Phi) is 7.54. The molecule has 2 heterocycles. The highest BCUT2D eigenvalue weighted by molar-refractivity contribution is 6.31. The summed E-state index contributed by atoms with van der Waals surface area (Å²) in [6, 6.07) is 7.48. The molecule has 1 fully saturated rings. The Morgan fingerprint density at radius 1 is 1.07 bits per heavy atom. The molecule has 0 saturated carbocycles. The van der Waals surface area contributed by atoms with Gasteiger partial charge in [-0.15, -0.1) is 0 Å². The number of carboxylic acids is 2. The molecular weight excluding hydrogens is 374 g/mol. The zero-order valence-corrected chi connectivity index (χ0v) is 15.2. The minimum absolute atomic E-state index is 0.134. The van der Waals surface area contributed by atoms with Gasteiger partial charge in [0.2, 0.25) is 0 Å². The third kappa shape index (κ3) is 6.86. The van der Waals surface area contributed by atoms with Crippen LogP contribution in [0.4, 0.5) is 0 Å². The first-order chi connectivity index (χ1) is 12.8. The van der Waals surface area contributed by atoms with Gasteiger partial charge in [-0.25, -0.2) is 9.59 Å². The molecule has 3 rings (SSSR count). The molecular formula is C18H20ClN3O5. The molecule has 1 aromatic carbocycles. The Bertz CT molecular complexity index is 840. The number of H-pyrrole nitrogens is 1. The number of hydrogen-bond donors (Lipinski definition) is 4. The van der Waals surface area contributed by atoms with Crippen molar-refractivity contribution >= 4 is 40.2 Å². The molecule has 4 N–H and O–H groups in total. The first-order valence-corrected chi connectivity index (χ1v) is 8.61. The van der Waals surface area contributed by atoms with Crippen LogP contribution in [0.2, 0.25) is 5.02 Å². The van der Waals surface area contributed by atoms with E-state index in [1.807, 2.05) is 24.3 Å². The molecule has 1 aliphatic heterocycles. The molecule has 8 nitrogen and oxygen atoms in total. The van der Waals surface area contributed by atoms with Crippen molar-refractivity contribution in [3.8, 4) is 0 Å². The van der Waals surface area contributed by atoms with E-state index in [1.54, 1.807) is 0 Å². The maximum absolute atomic E-state index is 12.2. The Labute approximate surface area is 160 Å². The van der Waals surface area contributed by atoms with E-state index in [9.17, 15) is 14.4 Å². The van der Waals surface area contributed by atoms with Crippen LogP contribution < -0.4 is 5.32 Å². The van der Waals surface area contributed by atoms with Gasteiger partial charge in [0.25, 0.3) is 0 Å². The van der Waals surface area contributed by atoms with Crippen LogP contribution in [0.1, 0.15) is 10.5 Å². The lowest BCUT2D eigenvalue weighted by molar-refractivity contribution is -0.134. The van der Waals surface area contributed by atoms with E-state index in [2.05, 4.69) is 15.2 Å². The van der Waals surface area contributed by atoms with E-state index in [4.69, 9.17) is 21.8 Å². The number of aromatic nitrogens is 1.